The van der Waals surface area contributed by atoms with E-state index in [1.54, 1.807) is 0 Å². The molecule has 0 saturated heterocycles. The number of amides is 1. The molecule has 0 fully saturated rings. The fraction of sp³-hybridized carbons (Fsp3) is 0.357. The molecule has 1 unspecified atom stereocenters. The number of carbonyl (C=O) groups excluding carboxylic acids is 1. The molecule has 106 valence electrons. The minimum Gasteiger partial charge on any atom is -0.480 e. The van der Waals surface area contributed by atoms with Gasteiger partial charge in [-0.2, -0.15) is 0 Å². The molecule has 6 nitrogen and oxygen atoms in total. The molecule has 1 aromatic carbocycles. The third-order valence-electron chi connectivity index (χ3n) is 3.35. The molecule has 0 spiro atoms. The van der Waals surface area contributed by atoms with Gasteiger partial charge in [0.2, 0.25) is 5.91 Å². The third-order valence-corrected chi connectivity index (χ3v) is 3.35. The lowest BCUT2D eigenvalue weighted by Crippen LogP contribution is -2.40. The molecule has 0 bridgehead atoms. The molecule has 0 aliphatic rings. The van der Waals surface area contributed by atoms with E-state index in [9.17, 15) is 9.59 Å². The summed E-state index contributed by atoms with van der Waals surface area (Å²) >= 11 is 0. The maximum Gasteiger partial charge on any atom is 0.326 e. The minimum atomic E-state index is -1.01. The molecular weight excluding hydrogens is 258 g/mol. The van der Waals surface area contributed by atoms with Gasteiger partial charge in [0.05, 0.1) is 11.0 Å². The highest BCUT2D eigenvalue weighted by Gasteiger charge is 2.21. The summed E-state index contributed by atoms with van der Waals surface area (Å²) < 4.78 is 0. The second-order valence-corrected chi connectivity index (χ2v) is 4.72. The first-order valence-electron chi connectivity index (χ1n) is 6.41. The van der Waals surface area contributed by atoms with E-state index in [0.717, 1.165) is 16.9 Å². The lowest BCUT2D eigenvalue weighted by molar-refractivity contribution is -0.148. The van der Waals surface area contributed by atoms with Crippen LogP contribution in [0.25, 0.3) is 11.0 Å². The summed E-state index contributed by atoms with van der Waals surface area (Å²) in [5.74, 6) is -0.485. The lowest BCUT2D eigenvalue weighted by atomic mass is 10.2. The van der Waals surface area contributed by atoms with E-state index in [2.05, 4.69) is 9.97 Å². The largest absolute Gasteiger partial charge is 0.480 e. The van der Waals surface area contributed by atoms with Crippen molar-refractivity contribution in [2.45, 2.75) is 25.8 Å². The van der Waals surface area contributed by atoms with E-state index < -0.39 is 12.0 Å². The number of imidazole rings is 1. The number of aliphatic carboxylic acids is 1. The number of carbonyl (C=O) groups is 2. The van der Waals surface area contributed by atoms with Gasteiger partial charge in [-0.25, -0.2) is 9.78 Å². The fourth-order valence-electron chi connectivity index (χ4n) is 1.91. The summed E-state index contributed by atoms with van der Waals surface area (Å²) in [5, 5.41) is 8.87. The summed E-state index contributed by atoms with van der Waals surface area (Å²) in [7, 11) is 1.50. The van der Waals surface area contributed by atoms with Gasteiger partial charge in [0.1, 0.15) is 11.9 Å². The molecule has 1 atom stereocenters. The Morgan fingerprint density at radius 2 is 2.10 bits per heavy atom. The summed E-state index contributed by atoms with van der Waals surface area (Å²) in [6, 6.07) is 6.82. The number of para-hydroxylation sites is 2. The van der Waals surface area contributed by atoms with Gasteiger partial charge in [-0.1, -0.05) is 12.1 Å². The molecule has 0 aliphatic carbocycles. The van der Waals surface area contributed by atoms with Crippen LogP contribution in [0.15, 0.2) is 24.3 Å². The van der Waals surface area contributed by atoms with Crippen LogP contribution >= 0.6 is 0 Å². The zero-order valence-corrected chi connectivity index (χ0v) is 11.5. The van der Waals surface area contributed by atoms with Crippen molar-refractivity contribution in [3.8, 4) is 0 Å². The number of rotatable bonds is 5. The highest BCUT2D eigenvalue weighted by atomic mass is 16.4. The monoisotopic (exact) mass is 275 g/mol. The van der Waals surface area contributed by atoms with Gasteiger partial charge in [0.15, 0.2) is 0 Å². The second kappa shape index (κ2) is 5.73. The smallest absolute Gasteiger partial charge is 0.326 e. The predicted octanol–water partition coefficient (Wildman–Crippen LogP) is 1.43. The maximum absolute atomic E-state index is 11.9. The van der Waals surface area contributed by atoms with Crippen molar-refractivity contribution in [1.82, 2.24) is 14.9 Å². The number of hydrogen-bond acceptors (Lipinski definition) is 3. The number of H-pyrrole nitrogens is 1. The van der Waals surface area contributed by atoms with Crippen LogP contribution in [0.5, 0.6) is 0 Å². The Kier molecular flexibility index (Phi) is 4.02. The first-order chi connectivity index (χ1) is 9.49. The second-order valence-electron chi connectivity index (χ2n) is 4.72. The van der Waals surface area contributed by atoms with Crippen molar-refractivity contribution in [1.29, 1.82) is 0 Å². The minimum absolute atomic E-state index is 0.208. The number of aromatic amines is 1. The van der Waals surface area contributed by atoms with Gasteiger partial charge in [-0.05, 0) is 19.1 Å². The molecule has 20 heavy (non-hydrogen) atoms. The van der Waals surface area contributed by atoms with Crippen LogP contribution in [0.3, 0.4) is 0 Å². The maximum atomic E-state index is 11.9. The van der Waals surface area contributed by atoms with E-state index >= 15 is 0 Å². The molecule has 2 rings (SSSR count). The standard InChI is InChI=1S/C14H17N3O3/c1-9(14(19)20)17(2)13(18)8-7-12-15-10-5-3-4-6-11(10)16-12/h3-6,9H,7-8H2,1-2H3,(H,15,16)(H,19,20). The van der Waals surface area contributed by atoms with Gasteiger partial charge in [-0.15, -0.1) is 0 Å². The average molecular weight is 275 g/mol. The Morgan fingerprint density at radius 1 is 1.40 bits per heavy atom. The lowest BCUT2D eigenvalue weighted by Gasteiger charge is -2.21. The Morgan fingerprint density at radius 3 is 2.75 bits per heavy atom. The molecular formula is C14H17N3O3. The number of benzene rings is 1. The van der Waals surface area contributed by atoms with Crippen LogP contribution < -0.4 is 0 Å². The van der Waals surface area contributed by atoms with Crippen molar-refractivity contribution in [3.63, 3.8) is 0 Å². The highest BCUT2D eigenvalue weighted by molar-refractivity contribution is 5.83. The van der Waals surface area contributed by atoms with Crippen molar-refractivity contribution in [3.05, 3.63) is 30.1 Å². The number of carboxylic acids is 1. The average Bonchev–Trinajstić information content (AvgIpc) is 2.85. The van der Waals surface area contributed by atoms with E-state index in [1.165, 1.54) is 18.9 Å². The SMILES string of the molecule is CC(C(=O)O)N(C)C(=O)CCc1nc2ccccc2[nH]1. The highest BCUT2D eigenvalue weighted by Crippen LogP contribution is 2.12. The zero-order valence-electron chi connectivity index (χ0n) is 11.5. The normalized spacial score (nSPS) is 12.3. The fourth-order valence-corrected chi connectivity index (χ4v) is 1.91. The van der Waals surface area contributed by atoms with Crippen LogP contribution in [0, 0.1) is 0 Å². The van der Waals surface area contributed by atoms with Gasteiger partial charge in [0, 0.05) is 19.9 Å². The van der Waals surface area contributed by atoms with Crippen molar-refractivity contribution in [2.24, 2.45) is 0 Å². The summed E-state index contributed by atoms with van der Waals surface area (Å²) in [4.78, 5) is 31.5. The molecule has 0 saturated carbocycles. The van der Waals surface area contributed by atoms with Gasteiger partial charge < -0.3 is 15.0 Å². The van der Waals surface area contributed by atoms with Gasteiger partial charge in [-0.3, -0.25) is 4.79 Å². The summed E-state index contributed by atoms with van der Waals surface area (Å²) in [5.41, 5.74) is 1.80. The number of hydrogen-bond donors (Lipinski definition) is 2. The molecule has 6 heteroatoms. The number of aryl methyl sites for hydroxylation is 1. The number of likely N-dealkylation sites (N-methyl/N-ethyl adjacent to an activating group) is 1. The van der Waals surface area contributed by atoms with Crippen molar-refractivity contribution in [2.75, 3.05) is 7.05 Å². The molecule has 1 heterocycles. The number of nitrogens with one attached hydrogen (secondary N) is 1. The molecule has 1 aromatic heterocycles. The molecule has 2 aromatic rings. The van der Waals surface area contributed by atoms with Crippen LogP contribution in [-0.4, -0.2) is 44.9 Å². The topological polar surface area (TPSA) is 86.3 Å². The number of nitrogens with zero attached hydrogens (tertiary/aromatic N) is 2. The van der Waals surface area contributed by atoms with Crippen molar-refractivity contribution < 1.29 is 14.7 Å². The Balaban J connectivity index is 1.97. The van der Waals surface area contributed by atoms with E-state index in [4.69, 9.17) is 5.11 Å². The summed E-state index contributed by atoms with van der Waals surface area (Å²) in [6.45, 7) is 1.49. The van der Waals surface area contributed by atoms with Crippen LogP contribution in [0.1, 0.15) is 19.2 Å². The van der Waals surface area contributed by atoms with Crippen LogP contribution in [0.4, 0.5) is 0 Å². The van der Waals surface area contributed by atoms with Gasteiger partial charge >= 0.3 is 5.97 Å². The molecule has 2 N–H and O–H groups in total. The van der Waals surface area contributed by atoms with Gasteiger partial charge in [0.25, 0.3) is 0 Å². The van der Waals surface area contributed by atoms with Crippen LogP contribution in [-0.2, 0) is 16.0 Å². The third kappa shape index (κ3) is 2.96. The molecule has 0 aliphatic heterocycles. The quantitative estimate of drug-likeness (QED) is 0.864. The van der Waals surface area contributed by atoms with Crippen molar-refractivity contribution >= 4 is 22.9 Å². The number of aromatic nitrogens is 2. The molecule has 1 amide bonds. The van der Waals surface area contributed by atoms with E-state index in [1.807, 2.05) is 24.3 Å². The Bertz CT molecular complexity index is 602. The first kappa shape index (κ1) is 14.0. The Hall–Kier alpha value is -2.37. The predicted molar refractivity (Wildman–Crippen MR) is 74.3 cm³/mol. The number of fused-ring (bicyclic) bond motifs is 1. The Labute approximate surface area is 116 Å². The summed E-state index contributed by atoms with van der Waals surface area (Å²) in [6.07, 6.45) is 0.693. The number of carboxylic acid groups (broad SMARTS) is 1. The molecule has 0 radical (unpaired) electrons. The van der Waals surface area contributed by atoms with E-state index in [-0.39, 0.29) is 12.3 Å². The van der Waals surface area contributed by atoms with Crippen LogP contribution in [0.2, 0.25) is 0 Å². The van der Waals surface area contributed by atoms with E-state index in [0.29, 0.717) is 6.42 Å². The first-order valence-corrected chi connectivity index (χ1v) is 6.41. The zero-order chi connectivity index (χ0) is 14.7.